The van der Waals surface area contributed by atoms with E-state index in [4.69, 9.17) is 15.0 Å². The van der Waals surface area contributed by atoms with Crippen molar-refractivity contribution in [3.63, 3.8) is 0 Å². The Labute approximate surface area is 96.6 Å². The largest absolute Gasteiger partial charge is 0.553 e. The van der Waals surface area contributed by atoms with E-state index in [9.17, 15) is 8.42 Å². The zero-order chi connectivity index (χ0) is 13.4. The molecule has 2 N–H and O–H groups in total. The number of carboxylic acid groups (broad SMARTS) is 1. The van der Waals surface area contributed by atoms with Gasteiger partial charge in [-0.2, -0.15) is 13.6 Å². The van der Waals surface area contributed by atoms with E-state index in [0.29, 0.717) is 19.6 Å². The topological polar surface area (TPSA) is 110 Å². The first-order valence-corrected chi connectivity index (χ1v) is 6.35. The summed E-state index contributed by atoms with van der Waals surface area (Å²) in [6, 6.07) is 0. The summed E-state index contributed by atoms with van der Waals surface area (Å²) in [6.45, 7) is 7.09. The highest BCUT2D eigenvalue weighted by molar-refractivity contribution is 7.83. The van der Waals surface area contributed by atoms with Crippen molar-refractivity contribution in [2.75, 3.05) is 26.7 Å². The van der Waals surface area contributed by atoms with Gasteiger partial charge in [0.05, 0.1) is 19.6 Å². The van der Waals surface area contributed by atoms with Gasteiger partial charge in [0.15, 0.2) is 0 Å². The fraction of sp³-hybridized carbons (Fsp3) is 0.875. The summed E-state index contributed by atoms with van der Waals surface area (Å²) < 4.78 is 25.7. The molecule has 0 bridgehead atoms. The number of rotatable bonds is 4. The number of nitrogens with two attached hydrogens (primary N) is 1. The molecule has 0 radical (unpaired) electrons. The molecule has 0 aliphatic carbocycles. The minimum absolute atomic E-state index is 0.0208. The van der Waals surface area contributed by atoms with Crippen LogP contribution in [0.5, 0.6) is 0 Å². The van der Waals surface area contributed by atoms with E-state index in [1.165, 1.54) is 0 Å². The summed E-state index contributed by atoms with van der Waals surface area (Å²) in [5.41, 5.74) is 0. The molecule has 0 amide bonds. The third kappa shape index (κ3) is 5.29. The number of quaternary nitrogens is 1. The van der Waals surface area contributed by atoms with Crippen molar-refractivity contribution < 1.29 is 26.9 Å². The van der Waals surface area contributed by atoms with Crippen molar-refractivity contribution in [2.45, 2.75) is 20.8 Å². The van der Waals surface area contributed by atoms with Gasteiger partial charge < -0.3 is 14.6 Å². The SMILES string of the molecule is CC[N+](CC)(CC)S(N)(=O)=O.COC(=O)[O-]. The fourth-order valence-corrected chi connectivity index (χ4v) is 2.29. The minimum atomic E-state index is -3.44. The molecule has 98 valence electrons. The highest BCUT2D eigenvalue weighted by atomic mass is 32.2. The summed E-state index contributed by atoms with van der Waals surface area (Å²) in [7, 11) is -2.40. The van der Waals surface area contributed by atoms with Crippen molar-refractivity contribution in [3.05, 3.63) is 0 Å². The van der Waals surface area contributed by atoms with Crippen molar-refractivity contribution in [2.24, 2.45) is 5.14 Å². The number of hydrogen-bond donors (Lipinski definition) is 1. The molecule has 0 saturated heterocycles. The second-order valence-corrected chi connectivity index (χ2v) is 4.78. The Hall–Kier alpha value is -0.860. The molecular weight excluding hydrogens is 236 g/mol. The smallest absolute Gasteiger partial charge is 0.367 e. The van der Waals surface area contributed by atoms with Gasteiger partial charge in [-0.1, -0.05) is 0 Å². The summed E-state index contributed by atoms with van der Waals surface area (Å²) in [4.78, 5) is 9.03. The fourth-order valence-electron chi connectivity index (χ4n) is 1.21. The second kappa shape index (κ2) is 7.42. The predicted molar refractivity (Wildman–Crippen MR) is 57.4 cm³/mol. The molecule has 0 aromatic rings. The van der Waals surface area contributed by atoms with Crippen LogP contribution in [0.4, 0.5) is 4.79 Å². The maximum atomic E-state index is 11.1. The monoisotopic (exact) mass is 256 g/mol. The Morgan fingerprint density at radius 1 is 1.25 bits per heavy atom. The van der Waals surface area contributed by atoms with Crippen LogP contribution in [0.15, 0.2) is 0 Å². The Morgan fingerprint density at radius 3 is 1.50 bits per heavy atom. The normalized spacial score (nSPS) is 11.3. The van der Waals surface area contributed by atoms with E-state index in [1.807, 2.05) is 20.8 Å². The minimum Gasteiger partial charge on any atom is -0.553 e. The molecule has 0 heterocycles. The van der Waals surface area contributed by atoms with Crippen LogP contribution in [0.3, 0.4) is 0 Å². The maximum absolute atomic E-state index is 11.1. The number of carbonyl (C=O) groups excluding carboxylic acids is 1. The highest BCUT2D eigenvalue weighted by Gasteiger charge is 2.33. The molecule has 0 spiro atoms. The first-order chi connectivity index (χ1) is 7.20. The van der Waals surface area contributed by atoms with Gasteiger partial charge in [0.1, 0.15) is 0 Å². The van der Waals surface area contributed by atoms with Gasteiger partial charge in [-0.3, -0.25) is 0 Å². The Kier molecular flexibility index (Phi) is 8.13. The van der Waals surface area contributed by atoms with Gasteiger partial charge in [0.2, 0.25) is 0 Å². The summed E-state index contributed by atoms with van der Waals surface area (Å²) in [5.74, 6) is 0. The molecule has 0 atom stereocenters. The average molecular weight is 256 g/mol. The molecule has 0 aromatic carbocycles. The summed E-state index contributed by atoms with van der Waals surface area (Å²) >= 11 is 0. The van der Waals surface area contributed by atoms with E-state index in [1.54, 1.807) is 0 Å². The molecule has 0 unspecified atom stereocenters. The molecule has 7 nitrogen and oxygen atoms in total. The zero-order valence-electron chi connectivity index (χ0n) is 10.1. The Balaban J connectivity index is 0. The third-order valence-electron chi connectivity index (χ3n) is 2.44. The molecular formula is C8H20N2O5S. The van der Waals surface area contributed by atoms with Crippen LogP contribution in [0.2, 0.25) is 0 Å². The lowest BCUT2D eigenvalue weighted by Gasteiger charge is -2.31. The Morgan fingerprint density at radius 2 is 1.50 bits per heavy atom. The lowest BCUT2D eigenvalue weighted by atomic mass is 10.5. The number of nitrogens with zero attached hydrogens (tertiary/aromatic N) is 1. The predicted octanol–water partition coefficient (Wildman–Crippen LogP) is -0.957. The molecule has 0 aliphatic heterocycles. The average Bonchev–Trinajstić information content (AvgIpc) is 2.20. The molecule has 0 saturated carbocycles. The zero-order valence-corrected chi connectivity index (χ0v) is 10.9. The molecule has 0 aliphatic rings. The molecule has 8 heteroatoms. The van der Waals surface area contributed by atoms with Crippen molar-refractivity contribution in [3.8, 4) is 0 Å². The van der Waals surface area contributed by atoms with Crippen LogP contribution in [0.25, 0.3) is 0 Å². The first kappa shape index (κ1) is 17.5. The van der Waals surface area contributed by atoms with E-state index in [0.717, 1.165) is 7.11 Å². The van der Waals surface area contributed by atoms with E-state index < -0.39 is 16.4 Å². The van der Waals surface area contributed by atoms with Crippen LogP contribution >= 0.6 is 0 Å². The second-order valence-electron chi connectivity index (χ2n) is 2.98. The van der Waals surface area contributed by atoms with Crippen molar-refractivity contribution in [1.29, 1.82) is 0 Å². The van der Waals surface area contributed by atoms with Gasteiger partial charge in [-0.25, -0.2) is 3.89 Å². The van der Waals surface area contributed by atoms with Crippen LogP contribution in [0, 0.1) is 0 Å². The van der Waals surface area contributed by atoms with E-state index in [2.05, 4.69) is 4.74 Å². The standard InChI is InChI=1S/C6H17N2O2S.C2H4O3/c1-4-8(5-2,6-3)11(7,9)10;1-5-2(3)4/h4-6H2,1-3H3,(H2,7,9,10);1H3,(H,3,4)/q+1;/p-1. The molecule has 0 fully saturated rings. The van der Waals surface area contributed by atoms with Gasteiger partial charge in [0.25, 0.3) is 6.16 Å². The molecule has 0 aromatic heterocycles. The van der Waals surface area contributed by atoms with Crippen LogP contribution in [-0.2, 0) is 14.9 Å². The van der Waals surface area contributed by atoms with Gasteiger partial charge >= 0.3 is 10.2 Å². The van der Waals surface area contributed by atoms with Gasteiger partial charge in [-0.15, -0.1) is 0 Å². The van der Waals surface area contributed by atoms with Gasteiger partial charge in [-0.05, 0) is 20.8 Å². The maximum Gasteiger partial charge on any atom is 0.367 e. The highest BCUT2D eigenvalue weighted by Crippen LogP contribution is 2.09. The lowest BCUT2D eigenvalue weighted by molar-refractivity contribution is -0.800. The van der Waals surface area contributed by atoms with Crippen molar-refractivity contribution in [1.82, 2.24) is 0 Å². The Bertz CT molecular complexity index is 289. The summed E-state index contributed by atoms with van der Waals surface area (Å²) in [6.07, 6.45) is -1.50. The number of carbonyl (C=O) groups is 1. The van der Waals surface area contributed by atoms with Gasteiger partial charge in [0, 0.05) is 7.11 Å². The number of ether oxygens (including phenoxy) is 1. The van der Waals surface area contributed by atoms with Crippen LogP contribution in [0.1, 0.15) is 20.8 Å². The lowest BCUT2D eigenvalue weighted by Crippen LogP contribution is -2.55. The number of methoxy groups -OCH3 is 1. The summed E-state index contributed by atoms with van der Waals surface area (Å²) in [5, 5.41) is 14.1. The quantitative estimate of drug-likeness (QED) is 0.514. The van der Waals surface area contributed by atoms with Crippen molar-refractivity contribution >= 4 is 16.4 Å². The number of hydrogen-bond acceptors (Lipinski definition) is 5. The van der Waals surface area contributed by atoms with E-state index >= 15 is 0 Å². The van der Waals surface area contributed by atoms with Crippen LogP contribution < -0.4 is 10.2 Å². The first-order valence-electron chi connectivity index (χ1n) is 4.84. The van der Waals surface area contributed by atoms with E-state index in [-0.39, 0.29) is 3.89 Å². The third-order valence-corrected chi connectivity index (χ3v) is 4.29. The molecule has 16 heavy (non-hydrogen) atoms. The van der Waals surface area contributed by atoms with Crippen LogP contribution in [-0.4, -0.2) is 45.2 Å². The molecule has 0 rings (SSSR count).